The van der Waals surface area contributed by atoms with Gasteiger partial charge in [0.25, 0.3) is 0 Å². The third kappa shape index (κ3) is 3.30. The number of primary amides is 1. The van der Waals surface area contributed by atoms with Gasteiger partial charge in [-0.25, -0.2) is 0 Å². The molecule has 188 valence electrons. The van der Waals surface area contributed by atoms with Gasteiger partial charge in [0.2, 0.25) is 5.91 Å². The number of amides is 1. The minimum Gasteiger partial charge on any atom is -0.506 e. The van der Waals surface area contributed by atoms with Gasteiger partial charge in [-0.15, -0.1) is 0 Å². The number of aromatic hydroxyl groups is 1. The zero-order valence-corrected chi connectivity index (χ0v) is 20.1. The molecule has 1 aromatic carbocycles. The molecule has 0 aliphatic heterocycles. The Kier molecular flexibility index (Phi) is 5.98. The first-order chi connectivity index (χ1) is 16.3. The summed E-state index contributed by atoms with van der Waals surface area (Å²) in [5.41, 5.74) is 3.72. The van der Waals surface area contributed by atoms with Gasteiger partial charge in [-0.1, -0.05) is 6.92 Å². The van der Waals surface area contributed by atoms with Gasteiger partial charge in [-0.2, -0.15) is 0 Å². The van der Waals surface area contributed by atoms with Crippen LogP contribution in [0, 0.1) is 23.7 Å². The van der Waals surface area contributed by atoms with Crippen LogP contribution in [0.2, 0.25) is 0 Å². The number of carbonyl (C=O) groups is 5. The fraction of sp³-hybridized carbons (Fsp3) is 0.560. The van der Waals surface area contributed by atoms with Crippen LogP contribution in [0.25, 0.3) is 0 Å². The fourth-order valence-corrected chi connectivity index (χ4v) is 6.55. The molecular formula is C25H30N2O8. The van der Waals surface area contributed by atoms with Crippen LogP contribution in [0.4, 0.5) is 0 Å². The number of hydrogen-bond donors (Lipinski definition) is 4. The van der Waals surface area contributed by atoms with E-state index in [0.29, 0.717) is 17.5 Å². The van der Waals surface area contributed by atoms with Gasteiger partial charge in [0.15, 0.2) is 28.7 Å². The van der Waals surface area contributed by atoms with E-state index in [1.807, 2.05) is 6.92 Å². The SMILES string of the molecule is CCc1cc(C(C)=O)c(O)c2c1C[C@@H]1C[C@@H]3[C@@H](N(C)C)C(O)C(C(N)=O)C(=O)[C@]3(O)C(=O)C1C2=O. The fourth-order valence-electron chi connectivity index (χ4n) is 6.55. The van der Waals surface area contributed by atoms with Crippen molar-refractivity contribution in [3.8, 4) is 5.75 Å². The van der Waals surface area contributed by atoms with Crippen molar-refractivity contribution in [2.24, 2.45) is 29.4 Å². The molecule has 1 amide bonds. The molecule has 0 heterocycles. The molecule has 0 radical (unpaired) electrons. The molecule has 3 aliphatic rings. The molecule has 2 saturated carbocycles. The third-order valence-corrected chi connectivity index (χ3v) is 8.14. The van der Waals surface area contributed by atoms with E-state index in [4.69, 9.17) is 5.73 Å². The monoisotopic (exact) mass is 486 g/mol. The first kappa shape index (κ1) is 25.2. The topological polar surface area (TPSA) is 175 Å². The number of aryl methyl sites for hydroxylation is 1. The molecular weight excluding hydrogens is 456 g/mol. The maximum absolute atomic E-state index is 13.8. The minimum atomic E-state index is -2.70. The van der Waals surface area contributed by atoms with Gasteiger partial charge >= 0.3 is 0 Å². The first-order valence-electron chi connectivity index (χ1n) is 11.7. The number of nitrogens with two attached hydrogens (primary N) is 1. The summed E-state index contributed by atoms with van der Waals surface area (Å²) < 4.78 is 0. The zero-order valence-electron chi connectivity index (χ0n) is 20.1. The highest BCUT2D eigenvalue weighted by atomic mass is 16.3. The number of aliphatic hydroxyl groups is 2. The molecule has 0 saturated heterocycles. The number of likely N-dealkylation sites (N-methyl/N-ethyl adjacent to an activating group) is 1. The van der Waals surface area contributed by atoms with Crippen LogP contribution in [0.15, 0.2) is 6.07 Å². The van der Waals surface area contributed by atoms with E-state index >= 15 is 0 Å². The molecule has 3 unspecified atom stereocenters. The second kappa shape index (κ2) is 8.32. The zero-order chi connectivity index (χ0) is 26.1. The van der Waals surface area contributed by atoms with Crippen molar-refractivity contribution in [3.05, 3.63) is 28.3 Å². The lowest BCUT2D eigenvalue weighted by Crippen LogP contribution is -2.75. The average Bonchev–Trinajstić information content (AvgIpc) is 2.75. The summed E-state index contributed by atoms with van der Waals surface area (Å²) in [6.45, 7) is 3.10. The number of nitrogens with zero attached hydrogens (tertiary/aromatic N) is 1. The number of phenols is 1. The molecule has 3 aliphatic carbocycles. The largest absolute Gasteiger partial charge is 0.506 e. The summed E-state index contributed by atoms with van der Waals surface area (Å²) in [4.78, 5) is 66.4. The smallest absolute Gasteiger partial charge is 0.230 e. The summed E-state index contributed by atoms with van der Waals surface area (Å²) in [6, 6.07) is 0.606. The number of aliphatic hydroxyl groups excluding tert-OH is 1. The Balaban J connectivity index is 1.90. The maximum Gasteiger partial charge on any atom is 0.230 e. The summed E-state index contributed by atoms with van der Waals surface area (Å²) in [7, 11) is 3.19. The number of phenolic OH excluding ortho intramolecular Hbond substituents is 1. The molecule has 7 atom stereocenters. The predicted molar refractivity (Wildman–Crippen MR) is 122 cm³/mol. The van der Waals surface area contributed by atoms with Gasteiger partial charge in [0.1, 0.15) is 11.7 Å². The molecule has 10 heteroatoms. The molecule has 0 aromatic heterocycles. The third-order valence-electron chi connectivity index (χ3n) is 8.14. The molecule has 4 rings (SSSR count). The lowest BCUT2D eigenvalue weighted by molar-refractivity contribution is -0.190. The van der Waals surface area contributed by atoms with E-state index in [0.717, 1.165) is 0 Å². The van der Waals surface area contributed by atoms with Crippen molar-refractivity contribution in [1.29, 1.82) is 0 Å². The number of benzene rings is 1. The standard InChI is InChI=1S/C25H30N2O8/c1-5-10-6-12(9(2)28)19(29)16-13(10)7-11-8-14-18(27(3)4)21(31)17(24(26)34)23(33)25(14,35)22(32)15(11)20(16)30/h6,11,14-15,17-18,21,29,31,35H,5,7-8H2,1-4H3,(H2,26,34)/t11-,14-,15?,17?,18-,21?,25-/m1/s1. The van der Waals surface area contributed by atoms with E-state index < -0.39 is 76.2 Å². The van der Waals surface area contributed by atoms with E-state index in [1.165, 1.54) is 11.8 Å². The van der Waals surface area contributed by atoms with Crippen LogP contribution >= 0.6 is 0 Å². The van der Waals surface area contributed by atoms with E-state index in [9.17, 15) is 39.3 Å². The van der Waals surface area contributed by atoms with E-state index in [2.05, 4.69) is 0 Å². The Bertz CT molecular complexity index is 1170. The molecule has 2 fully saturated rings. The van der Waals surface area contributed by atoms with Gasteiger partial charge in [-0.05, 0) is 63.4 Å². The van der Waals surface area contributed by atoms with Crippen molar-refractivity contribution in [1.82, 2.24) is 4.90 Å². The van der Waals surface area contributed by atoms with Gasteiger partial charge in [0.05, 0.1) is 23.1 Å². The lowest BCUT2D eigenvalue weighted by Gasteiger charge is -2.54. The van der Waals surface area contributed by atoms with Crippen LogP contribution in [-0.2, 0) is 27.2 Å². The number of rotatable bonds is 4. The molecule has 0 spiro atoms. The van der Waals surface area contributed by atoms with Crippen LogP contribution < -0.4 is 5.73 Å². The van der Waals surface area contributed by atoms with Crippen molar-refractivity contribution in [2.45, 2.75) is 50.9 Å². The predicted octanol–water partition coefficient (Wildman–Crippen LogP) is -0.576. The Hall–Kier alpha value is -2.95. The number of hydrogen-bond acceptors (Lipinski definition) is 9. The van der Waals surface area contributed by atoms with Crippen molar-refractivity contribution >= 4 is 29.0 Å². The van der Waals surface area contributed by atoms with Crippen molar-refractivity contribution in [2.75, 3.05) is 14.1 Å². The van der Waals surface area contributed by atoms with E-state index in [-0.39, 0.29) is 24.0 Å². The Morgan fingerprint density at radius 1 is 1.20 bits per heavy atom. The van der Waals surface area contributed by atoms with Gasteiger partial charge < -0.3 is 26.0 Å². The van der Waals surface area contributed by atoms with E-state index in [1.54, 1.807) is 20.2 Å². The van der Waals surface area contributed by atoms with Crippen molar-refractivity contribution < 1.29 is 39.3 Å². The van der Waals surface area contributed by atoms with Crippen LogP contribution in [0.5, 0.6) is 5.75 Å². The minimum absolute atomic E-state index is 0.0365. The summed E-state index contributed by atoms with van der Waals surface area (Å²) in [5.74, 6) is -10.1. The lowest BCUT2D eigenvalue weighted by atomic mass is 9.52. The normalized spacial score (nSPS) is 34.3. The highest BCUT2D eigenvalue weighted by Crippen LogP contribution is 2.52. The summed E-state index contributed by atoms with van der Waals surface area (Å²) in [6.07, 6.45) is -0.798. The molecule has 10 nitrogen and oxygen atoms in total. The maximum atomic E-state index is 13.8. The van der Waals surface area contributed by atoms with Gasteiger partial charge in [0, 0.05) is 12.0 Å². The van der Waals surface area contributed by atoms with Gasteiger partial charge in [-0.3, -0.25) is 24.0 Å². The second-order valence-electron chi connectivity index (χ2n) is 10.2. The average molecular weight is 487 g/mol. The Morgan fingerprint density at radius 3 is 2.34 bits per heavy atom. The summed E-state index contributed by atoms with van der Waals surface area (Å²) in [5, 5.41) is 33.3. The highest BCUT2D eigenvalue weighted by molar-refractivity contribution is 6.26. The Morgan fingerprint density at radius 2 is 1.83 bits per heavy atom. The van der Waals surface area contributed by atoms with Crippen molar-refractivity contribution in [3.63, 3.8) is 0 Å². The Labute approximate surface area is 202 Å². The van der Waals surface area contributed by atoms with Crippen LogP contribution in [-0.4, -0.2) is 81.1 Å². The molecule has 0 bridgehead atoms. The number of carbonyl (C=O) groups excluding carboxylic acids is 5. The van der Waals surface area contributed by atoms with Crippen LogP contribution in [0.3, 0.4) is 0 Å². The number of ketones is 4. The summed E-state index contributed by atoms with van der Waals surface area (Å²) >= 11 is 0. The number of fused-ring (bicyclic) bond motifs is 3. The number of Topliss-reactive ketones (excluding diaryl/α,β-unsaturated/α-hetero) is 4. The quantitative estimate of drug-likeness (QED) is 0.320. The second-order valence-corrected chi connectivity index (χ2v) is 10.2. The first-order valence-corrected chi connectivity index (χ1v) is 11.7. The van der Waals surface area contributed by atoms with Crippen LogP contribution in [0.1, 0.15) is 52.1 Å². The highest BCUT2D eigenvalue weighted by Gasteiger charge is 2.69. The molecule has 1 aromatic rings. The molecule has 5 N–H and O–H groups in total. The molecule has 35 heavy (non-hydrogen) atoms.